The van der Waals surface area contributed by atoms with Crippen LogP contribution in [0.1, 0.15) is 24.8 Å². The van der Waals surface area contributed by atoms with Gasteiger partial charge >= 0.3 is 0 Å². The van der Waals surface area contributed by atoms with Crippen LogP contribution >= 0.6 is 0 Å². The normalized spacial score (nSPS) is 20.3. The van der Waals surface area contributed by atoms with Gasteiger partial charge in [-0.2, -0.15) is 5.10 Å². The minimum absolute atomic E-state index is 0.0245. The fraction of sp³-hybridized carbons (Fsp3) is 0.348. The number of carbonyl (C=O) groups is 2. The minimum atomic E-state index is -0.863. The van der Waals surface area contributed by atoms with E-state index < -0.39 is 17.8 Å². The summed E-state index contributed by atoms with van der Waals surface area (Å²) < 4.78 is 32.7. The Morgan fingerprint density at radius 1 is 1.16 bits per heavy atom. The van der Waals surface area contributed by atoms with Crippen LogP contribution in [0.15, 0.2) is 53.6 Å². The molecule has 168 valence electrons. The molecule has 0 spiro atoms. The Kier molecular flexibility index (Phi) is 6.45. The zero-order valence-corrected chi connectivity index (χ0v) is 17.4. The standard InChI is InChI=1S/C23H24F2N4O3/c24-16-6-8-18(9-7-16)29-21(22(26)30)12-20(27-29)23(31)28(14-19-5-2-10-32-19)13-15-3-1-4-17(25)11-15/h1,3-4,6-9,11,19,21H,2,5,10,12-14H2,(H2,26,30). The van der Waals surface area contributed by atoms with E-state index in [2.05, 4.69) is 5.10 Å². The molecule has 0 saturated carbocycles. The maximum absolute atomic E-state index is 13.7. The van der Waals surface area contributed by atoms with Crippen molar-refractivity contribution < 1.29 is 23.1 Å². The third kappa shape index (κ3) is 4.94. The van der Waals surface area contributed by atoms with Crippen molar-refractivity contribution in [1.29, 1.82) is 0 Å². The van der Waals surface area contributed by atoms with Crippen LogP contribution in [-0.2, 0) is 20.9 Å². The first-order valence-corrected chi connectivity index (χ1v) is 10.5. The number of benzene rings is 2. The van der Waals surface area contributed by atoms with E-state index in [1.807, 2.05) is 0 Å². The van der Waals surface area contributed by atoms with Gasteiger partial charge < -0.3 is 15.4 Å². The number of hydrogen-bond donors (Lipinski definition) is 1. The summed E-state index contributed by atoms with van der Waals surface area (Å²) >= 11 is 0. The second kappa shape index (κ2) is 9.44. The van der Waals surface area contributed by atoms with Crippen LogP contribution in [0.2, 0.25) is 0 Å². The lowest BCUT2D eigenvalue weighted by molar-refractivity contribution is -0.126. The number of nitrogens with zero attached hydrogens (tertiary/aromatic N) is 3. The van der Waals surface area contributed by atoms with Crippen LogP contribution in [0.25, 0.3) is 0 Å². The second-order valence-corrected chi connectivity index (χ2v) is 7.94. The molecule has 0 radical (unpaired) electrons. The SMILES string of the molecule is NC(=O)C1CC(C(=O)N(Cc2cccc(F)c2)CC2CCCO2)=NN1c1ccc(F)cc1. The number of hydrazone groups is 1. The Bertz CT molecular complexity index is 1020. The van der Waals surface area contributed by atoms with Gasteiger partial charge in [-0.15, -0.1) is 0 Å². The molecule has 2 amide bonds. The number of amides is 2. The van der Waals surface area contributed by atoms with Gasteiger partial charge in [0.05, 0.1) is 11.8 Å². The van der Waals surface area contributed by atoms with Crippen molar-refractivity contribution in [3.63, 3.8) is 0 Å². The number of carbonyl (C=O) groups excluding carboxylic acids is 2. The maximum atomic E-state index is 13.7. The summed E-state index contributed by atoms with van der Waals surface area (Å²) in [7, 11) is 0. The molecular weight excluding hydrogens is 418 g/mol. The number of nitrogens with two attached hydrogens (primary N) is 1. The van der Waals surface area contributed by atoms with Crippen LogP contribution in [0, 0.1) is 11.6 Å². The van der Waals surface area contributed by atoms with Gasteiger partial charge in [-0.1, -0.05) is 12.1 Å². The monoisotopic (exact) mass is 442 g/mol. The number of anilines is 1. The van der Waals surface area contributed by atoms with E-state index in [1.54, 1.807) is 17.0 Å². The Balaban J connectivity index is 1.60. The Morgan fingerprint density at radius 3 is 2.59 bits per heavy atom. The highest BCUT2D eigenvalue weighted by Crippen LogP contribution is 2.26. The highest BCUT2D eigenvalue weighted by molar-refractivity contribution is 6.40. The summed E-state index contributed by atoms with van der Waals surface area (Å²) in [6.45, 7) is 1.13. The van der Waals surface area contributed by atoms with E-state index in [9.17, 15) is 18.4 Å². The lowest BCUT2D eigenvalue weighted by atomic mass is 10.1. The highest BCUT2D eigenvalue weighted by atomic mass is 19.1. The summed E-state index contributed by atoms with van der Waals surface area (Å²) in [5, 5.41) is 5.71. The van der Waals surface area contributed by atoms with E-state index in [1.165, 1.54) is 41.4 Å². The van der Waals surface area contributed by atoms with Gasteiger partial charge in [0.1, 0.15) is 23.4 Å². The molecule has 1 saturated heterocycles. The van der Waals surface area contributed by atoms with Gasteiger partial charge in [0.25, 0.3) is 5.91 Å². The molecule has 0 aromatic heterocycles. The molecule has 0 bridgehead atoms. The molecule has 2 unspecified atom stereocenters. The van der Waals surface area contributed by atoms with E-state index in [0.29, 0.717) is 24.4 Å². The largest absolute Gasteiger partial charge is 0.376 e. The van der Waals surface area contributed by atoms with Crippen LogP contribution < -0.4 is 10.7 Å². The number of hydrogen-bond acceptors (Lipinski definition) is 5. The molecule has 2 aromatic carbocycles. The average molecular weight is 442 g/mol. The molecule has 2 aliphatic rings. The van der Waals surface area contributed by atoms with Crippen molar-refractivity contribution in [3.8, 4) is 0 Å². The molecule has 2 atom stereocenters. The first-order chi connectivity index (χ1) is 15.4. The van der Waals surface area contributed by atoms with Gasteiger partial charge in [-0.3, -0.25) is 14.6 Å². The van der Waals surface area contributed by atoms with Gasteiger partial charge in [0, 0.05) is 26.1 Å². The Hall–Kier alpha value is -3.33. The predicted molar refractivity (Wildman–Crippen MR) is 115 cm³/mol. The van der Waals surface area contributed by atoms with E-state index in [4.69, 9.17) is 10.5 Å². The van der Waals surface area contributed by atoms with Gasteiger partial charge in [0.15, 0.2) is 0 Å². The summed E-state index contributed by atoms with van der Waals surface area (Å²) in [5.41, 5.74) is 6.80. The van der Waals surface area contributed by atoms with Crippen molar-refractivity contribution >= 4 is 23.2 Å². The quantitative estimate of drug-likeness (QED) is 0.714. The summed E-state index contributed by atoms with van der Waals surface area (Å²) in [6.07, 6.45) is 1.65. The highest BCUT2D eigenvalue weighted by Gasteiger charge is 2.37. The number of halogens is 2. The van der Waals surface area contributed by atoms with Crippen molar-refractivity contribution in [1.82, 2.24) is 4.90 Å². The van der Waals surface area contributed by atoms with Gasteiger partial charge in [0.2, 0.25) is 5.91 Å². The summed E-state index contributed by atoms with van der Waals surface area (Å²) in [5.74, 6) is -1.83. The maximum Gasteiger partial charge on any atom is 0.270 e. The molecule has 2 aromatic rings. The van der Waals surface area contributed by atoms with Crippen molar-refractivity contribution in [2.75, 3.05) is 18.2 Å². The molecule has 32 heavy (non-hydrogen) atoms. The Labute approximate surface area is 184 Å². The van der Waals surface area contributed by atoms with E-state index in [0.717, 1.165) is 12.8 Å². The molecule has 2 N–H and O–H groups in total. The van der Waals surface area contributed by atoms with Crippen molar-refractivity contribution in [2.45, 2.75) is 38.0 Å². The number of ether oxygens (including phenoxy) is 1. The van der Waals surface area contributed by atoms with Crippen LogP contribution in [0.3, 0.4) is 0 Å². The molecule has 1 fully saturated rings. The van der Waals surface area contributed by atoms with Gasteiger partial charge in [-0.05, 0) is 54.8 Å². The molecule has 7 nitrogen and oxygen atoms in total. The van der Waals surface area contributed by atoms with Crippen LogP contribution in [-0.4, -0.2) is 47.7 Å². The topological polar surface area (TPSA) is 88.2 Å². The summed E-state index contributed by atoms with van der Waals surface area (Å²) in [6, 6.07) is 10.6. The second-order valence-electron chi connectivity index (χ2n) is 7.94. The smallest absolute Gasteiger partial charge is 0.270 e. The molecule has 2 heterocycles. The van der Waals surface area contributed by atoms with E-state index >= 15 is 0 Å². The lowest BCUT2D eigenvalue weighted by Gasteiger charge is -2.25. The van der Waals surface area contributed by atoms with E-state index in [-0.39, 0.29) is 36.5 Å². The molecule has 2 aliphatic heterocycles. The first kappa shape index (κ1) is 21.9. The number of rotatable bonds is 7. The molecule has 4 rings (SSSR count). The third-order valence-electron chi connectivity index (χ3n) is 5.57. The van der Waals surface area contributed by atoms with Gasteiger partial charge in [-0.25, -0.2) is 8.78 Å². The fourth-order valence-corrected chi connectivity index (χ4v) is 3.98. The van der Waals surface area contributed by atoms with Crippen LogP contribution in [0.5, 0.6) is 0 Å². The zero-order chi connectivity index (χ0) is 22.7. The zero-order valence-electron chi connectivity index (χ0n) is 17.4. The minimum Gasteiger partial charge on any atom is -0.376 e. The number of primary amides is 1. The molecule has 0 aliphatic carbocycles. The third-order valence-corrected chi connectivity index (χ3v) is 5.57. The Morgan fingerprint density at radius 2 is 1.94 bits per heavy atom. The average Bonchev–Trinajstić information content (AvgIpc) is 3.43. The summed E-state index contributed by atoms with van der Waals surface area (Å²) in [4.78, 5) is 27.0. The van der Waals surface area contributed by atoms with Crippen LogP contribution in [0.4, 0.5) is 14.5 Å². The fourth-order valence-electron chi connectivity index (χ4n) is 3.98. The first-order valence-electron chi connectivity index (χ1n) is 10.5. The molecule has 9 heteroatoms. The van der Waals surface area contributed by atoms with Crippen molar-refractivity contribution in [3.05, 3.63) is 65.7 Å². The lowest BCUT2D eigenvalue weighted by Crippen LogP contribution is -2.42. The molecular formula is C23H24F2N4O3. The predicted octanol–water partition coefficient (Wildman–Crippen LogP) is 2.59. The van der Waals surface area contributed by atoms with Crippen molar-refractivity contribution in [2.24, 2.45) is 10.8 Å².